The van der Waals surface area contributed by atoms with E-state index in [9.17, 15) is 0 Å². The van der Waals surface area contributed by atoms with Crippen LogP contribution in [0.25, 0.3) is 0 Å². The van der Waals surface area contributed by atoms with Gasteiger partial charge in [-0.05, 0) is 82.6 Å². The third-order valence-corrected chi connectivity index (χ3v) is 5.26. The summed E-state index contributed by atoms with van der Waals surface area (Å²) in [6.45, 7) is 17.2. The average Bonchev–Trinajstić information content (AvgIpc) is 2.80. The zero-order chi connectivity index (χ0) is 16.0. The summed E-state index contributed by atoms with van der Waals surface area (Å²) in [5.74, 6) is 2.68. The topological polar surface area (TPSA) is 6.48 Å². The van der Waals surface area contributed by atoms with Crippen LogP contribution in [0, 0.1) is 23.2 Å². The summed E-state index contributed by atoms with van der Waals surface area (Å²) >= 11 is 0. The van der Waals surface area contributed by atoms with Crippen LogP contribution in [0.15, 0.2) is 0 Å². The van der Waals surface area contributed by atoms with Gasteiger partial charge in [0.15, 0.2) is 0 Å². The molecular formula is C19H40N2. The van der Waals surface area contributed by atoms with E-state index in [0.29, 0.717) is 5.41 Å². The molecule has 3 atom stereocenters. The lowest BCUT2D eigenvalue weighted by atomic mass is 9.84. The van der Waals surface area contributed by atoms with E-state index in [-0.39, 0.29) is 0 Å². The van der Waals surface area contributed by atoms with Gasteiger partial charge in [-0.1, -0.05) is 34.6 Å². The average molecular weight is 297 g/mol. The number of likely N-dealkylation sites (tertiary alicyclic amines) is 1. The quantitative estimate of drug-likeness (QED) is 0.656. The maximum Gasteiger partial charge on any atom is 0.00102 e. The van der Waals surface area contributed by atoms with E-state index in [0.717, 1.165) is 17.8 Å². The minimum atomic E-state index is 0.478. The first-order valence-electron chi connectivity index (χ1n) is 9.04. The van der Waals surface area contributed by atoms with E-state index >= 15 is 0 Å². The molecule has 0 bridgehead atoms. The molecule has 1 fully saturated rings. The Morgan fingerprint density at radius 2 is 1.81 bits per heavy atom. The Hall–Kier alpha value is -0.0800. The molecule has 21 heavy (non-hydrogen) atoms. The van der Waals surface area contributed by atoms with Crippen molar-refractivity contribution in [1.29, 1.82) is 0 Å². The Balaban J connectivity index is 2.24. The van der Waals surface area contributed by atoms with E-state index in [1.165, 1.54) is 51.9 Å². The molecule has 126 valence electrons. The van der Waals surface area contributed by atoms with Crippen LogP contribution < -0.4 is 0 Å². The van der Waals surface area contributed by atoms with E-state index in [4.69, 9.17) is 0 Å². The molecule has 1 rings (SSSR count). The number of hydrogen-bond acceptors (Lipinski definition) is 2. The van der Waals surface area contributed by atoms with Gasteiger partial charge in [0.2, 0.25) is 0 Å². The van der Waals surface area contributed by atoms with Gasteiger partial charge in [-0.3, -0.25) is 0 Å². The second kappa shape index (κ2) is 8.53. The van der Waals surface area contributed by atoms with Crippen LogP contribution in [0.5, 0.6) is 0 Å². The van der Waals surface area contributed by atoms with Crippen molar-refractivity contribution in [1.82, 2.24) is 9.80 Å². The maximum atomic E-state index is 2.70. The molecule has 0 aromatic rings. The largest absolute Gasteiger partial charge is 0.309 e. The second-order valence-electron chi connectivity index (χ2n) is 9.05. The molecule has 1 saturated heterocycles. The van der Waals surface area contributed by atoms with Gasteiger partial charge in [-0.15, -0.1) is 0 Å². The molecule has 0 aromatic heterocycles. The highest BCUT2D eigenvalue weighted by Gasteiger charge is 2.26. The first-order valence-corrected chi connectivity index (χ1v) is 9.04. The van der Waals surface area contributed by atoms with Crippen molar-refractivity contribution < 1.29 is 0 Å². The van der Waals surface area contributed by atoms with Gasteiger partial charge in [-0.2, -0.15) is 0 Å². The number of hydrogen-bond donors (Lipinski definition) is 0. The normalized spacial score (nSPS) is 23.7. The highest BCUT2D eigenvalue weighted by molar-refractivity contribution is 4.79. The molecule has 0 amide bonds. The summed E-state index contributed by atoms with van der Waals surface area (Å²) in [5, 5.41) is 0. The molecule has 1 aliphatic rings. The summed E-state index contributed by atoms with van der Waals surface area (Å²) in [7, 11) is 4.36. The van der Waals surface area contributed by atoms with E-state index in [2.05, 4.69) is 58.5 Å². The first kappa shape index (κ1) is 19.0. The Morgan fingerprint density at radius 3 is 2.38 bits per heavy atom. The van der Waals surface area contributed by atoms with E-state index in [1.807, 2.05) is 0 Å². The Bertz CT molecular complexity index is 280. The summed E-state index contributed by atoms with van der Waals surface area (Å²) in [6.07, 6.45) is 5.53. The molecule has 2 heteroatoms. The van der Waals surface area contributed by atoms with Crippen LogP contribution in [0.1, 0.15) is 60.3 Å². The van der Waals surface area contributed by atoms with Gasteiger partial charge in [0, 0.05) is 6.54 Å². The fourth-order valence-electron chi connectivity index (χ4n) is 3.31. The number of nitrogens with zero attached hydrogens (tertiary/aromatic N) is 2. The molecule has 1 heterocycles. The van der Waals surface area contributed by atoms with Crippen molar-refractivity contribution >= 4 is 0 Å². The molecule has 0 aliphatic carbocycles. The lowest BCUT2D eigenvalue weighted by Gasteiger charge is -2.25. The van der Waals surface area contributed by atoms with Crippen molar-refractivity contribution in [3.05, 3.63) is 0 Å². The van der Waals surface area contributed by atoms with Crippen molar-refractivity contribution in [3.63, 3.8) is 0 Å². The minimum absolute atomic E-state index is 0.478. The fraction of sp³-hybridized carbons (Fsp3) is 1.00. The van der Waals surface area contributed by atoms with Gasteiger partial charge in [-0.25, -0.2) is 0 Å². The van der Waals surface area contributed by atoms with E-state index < -0.39 is 0 Å². The maximum absolute atomic E-state index is 2.70. The predicted molar refractivity (Wildman–Crippen MR) is 94.7 cm³/mol. The lowest BCUT2D eigenvalue weighted by molar-refractivity contribution is 0.238. The number of rotatable bonds is 8. The van der Waals surface area contributed by atoms with Crippen molar-refractivity contribution in [3.8, 4) is 0 Å². The van der Waals surface area contributed by atoms with Gasteiger partial charge in [0.05, 0.1) is 0 Å². The summed E-state index contributed by atoms with van der Waals surface area (Å²) in [5.41, 5.74) is 0.478. The van der Waals surface area contributed by atoms with Gasteiger partial charge in [0.25, 0.3) is 0 Å². The molecule has 0 radical (unpaired) electrons. The molecule has 0 spiro atoms. The molecule has 0 N–H and O–H groups in total. The molecule has 3 unspecified atom stereocenters. The summed E-state index contributed by atoms with van der Waals surface area (Å²) < 4.78 is 0. The molecule has 2 nitrogen and oxygen atoms in total. The fourth-order valence-corrected chi connectivity index (χ4v) is 3.31. The second-order valence-corrected chi connectivity index (χ2v) is 9.05. The smallest absolute Gasteiger partial charge is 0.00102 e. The van der Waals surface area contributed by atoms with Gasteiger partial charge < -0.3 is 9.80 Å². The Labute approximate surface area is 134 Å². The van der Waals surface area contributed by atoms with Crippen LogP contribution in [-0.4, -0.2) is 50.1 Å². The third-order valence-electron chi connectivity index (χ3n) is 5.26. The standard InChI is InChI=1S/C19H40N2/c1-16(8-11-20(6)7)17(2)14-18-9-12-21(15-18)13-10-19(3,4)5/h16-18H,8-15H2,1-7H3. The lowest BCUT2D eigenvalue weighted by Crippen LogP contribution is -2.26. The Morgan fingerprint density at radius 1 is 1.14 bits per heavy atom. The van der Waals surface area contributed by atoms with Crippen LogP contribution >= 0.6 is 0 Å². The van der Waals surface area contributed by atoms with Gasteiger partial charge in [0.1, 0.15) is 0 Å². The highest BCUT2D eigenvalue weighted by Crippen LogP contribution is 2.29. The minimum Gasteiger partial charge on any atom is -0.309 e. The van der Waals surface area contributed by atoms with Crippen LogP contribution in [0.3, 0.4) is 0 Å². The van der Waals surface area contributed by atoms with Crippen molar-refractivity contribution in [2.45, 2.75) is 60.3 Å². The SMILES string of the molecule is CC(CCN(C)C)C(C)CC1CCN(CCC(C)(C)C)C1. The summed E-state index contributed by atoms with van der Waals surface area (Å²) in [4.78, 5) is 5.01. The monoisotopic (exact) mass is 296 g/mol. The third kappa shape index (κ3) is 8.21. The van der Waals surface area contributed by atoms with Crippen LogP contribution in [0.4, 0.5) is 0 Å². The van der Waals surface area contributed by atoms with Crippen LogP contribution in [-0.2, 0) is 0 Å². The Kier molecular flexibility index (Phi) is 7.70. The highest BCUT2D eigenvalue weighted by atomic mass is 15.1. The summed E-state index contributed by atoms with van der Waals surface area (Å²) in [6, 6.07) is 0. The van der Waals surface area contributed by atoms with Crippen molar-refractivity contribution in [2.75, 3.05) is 40.3 Å². The molecule has 0 saturated carbocycles. The van der Waals surface area contributed by atoms with Crippen LogP contribution in [0.2, 0.25) is 0 Å². The van der Waals surface area contributed by atoms with E-state index in [1.54, 1.807) is 0 Å². The van der Waals surface area contributed by atoms with Crippen molar-refractivity contribution in [2.24, 2.45) is 23.2 Å². The van der Waals surface area contributed by atoms with Gasteiger partial charge >= 0.3 is 0 Å². The molecule has 0 aromatic carbocycles. The zero-order valence-electron chi connectivity index (χ0n) is 15.8. The molecular weight excluding hydrogens is 256 g/mol. The molecule has 1 aliphatic heterocycles. The first-order chi connectivity index (χ1) is 9.67. The zero-order valence-corrected chi connectivity index (χ0v) is 15.8. The predicted octanol–water partition coefficient (Wildman–Crippen LogP) is 4.36.